The van der Waals surface area contributed by atoms with E-state index in [2.05, 4.69) is 37.7 Å². The molecule has 38 heavy (non-hydrogen) atoms. The average molecular weight is 511 g/mol. The number of amides is 2. The van der Waals surface area contributed by atoms with Gasteiger partial charge in [0.05, 0.1) is 35.9 Å². The molecule has 190 valence electrons. The molecule has 0 spiro atoms. The van der Waals surface area contributed by atoms with Gasteiger partial charge in [-0.3, -0.25) is 4.68 Å². The number of hydrogen-bond donors (Lipinski definition) is 1. The highest BCUT2D eigenvalue weighted by Gasteiger charge is 2.30. The van der Waals surface area contributed by atoms with Crippen LogP contribution in [-0.4, -0.2) is 58.2 Å². The number of carbonyl (C=O) groups is 1. The van der Waals surface area contributed by atoms with Gasteiger partial charge in [-0.2, -0.15) is 20.6 Å². The normalized spacial score (nSPS) is 15.2. The minimum atomic E-state index is -0.436. The van der Waals surface area contributed by atoms with Crippen molar-refractivity contribution in [1.82, 2.24) is 44.4 Å². The zero-order chi connectivity index (χ0) is 26.2. The average Bonchev–Trinajstić information content (AvgIpc) is 3.74. The Kier molecular flexibility index (Phi) is 5.80. The van der Waals surface area contributed by atoms with Gasteiger partial charge in [-0.1, -0.05) is 6.07 Å². The van der Waals surface area contributed by atoms with Gasteiger partial charge in [0.15, 0.2) is 11.6 Å². The molecule has 5 aromatic rings. The maximum Gasteiger partial charge on any atom is 0.317 e. The van der Waals surface area contributed by atoms with Crippen LogP contribution in [0.25, 0.3) is 22.5 Å². The summed E-state index contributed by atoms with van der Waals surface area (Å²) in [5, 5.41) is 25.2. The molecule has 1 unspecified atom stereocenters. The SMILES string of the molecule is Cn1cc(-c2cc(C3CCN(C(=O)NCc4ccc(-n5cc(F)cn5)nc4)C3)c3c(C#N)cnn3c2)cn1. The molecule has 1 atom stereocenters. The van der Waals surface area contributed by atoms with Gasteiger partial charge in [0.1, 0.15) is 6.07 Å². The Balaban J connectivity index is 1.16. The maximum absolute atomic E-state index is 13.2. The molecule has 11 nitrogen and oxygen atoms in total. The summed E-state index contributed by atoms with van der Waals surface area (Å²) >= 11 is 0. The van der Waals surface area contributed by atoms with Gasteiger partial charge in [-0.25, -0.2) is 23.4 Å². The number of aromatic nitrogens is 7. The van der Waals surface area contributed by atoms with E-state index in [0.29, 0.717) is 31.0 Å². The lowest BCUT2D eigenvalue weighted by Gasteiger charge is -2.18. The summed E-state index contributed by atoms with van der Waals surface area (Å²) < 4.78 is 18.0. The summed E-state index contributed by atoms with van der Waals surface area (Å²) in [5.41, 5.74) is 4.99. The highest BCUT2D eigenvalue weighted by Crippen LogP contribution is 2.34. The number of halogens is 1. The third kappa shape index (κ3) is 4.34. The first-order chi connectivity index (χ1) is 18.5. The fraction of sp³-hybridized carbons (Fsp3) is 0.231. The van der Waals surface area contributed by atoms with Crippen molar-refractivity contribution < 1.29 is 9.18 Å². The van der Waals surface area contributed by atoms with Crippen LogP contribution in [0, 0.1) is 17.1 Å². The van der Waals surface area contributed by atoms with E-state index in [1.807, 2.05) is 25.5 Å². The smallest absolute Gasteiger partial charge is 0.317 e. The first kappa shape index (κ1) is 23.4. The predicted octanol–water partition coefficient (Wildman–Crippen LogP) is 3.03. The number of hydrogen-bond acceptors (Lipinski definition) is 6. The van der Waals surface area contributed by atoms with E-state index in [1.165, 1.54) is 10.9 Å². The molecule has 1 aliphatic rings. The minimum absolute atomic E-state index is 0.0547. The lowest BCUT2D eigenvalue weighted by Crippen LogP contribution is -2.38. The van der Waals surface area contributed by atoms with E-state index < -0.39 is 5.82 Å². The highest BCUT2D eigenvalue weighted by atomic mass is 19.1. The number of rotatable bonds is 5. The molecule has 2 amide bonds. The van der Waals surface area contributed by atoms with Crippen LogP contribution in [0.2, 0.25) is 0 Å². The first-order valence-electron chi connectivity index (χ1n) is 12.1. The van der Waals surface area contributed by atoms with Crippen molar-refractivity contribution in [1.29, 1.82) is 5.26 Å². The van der Waals surface area contributed by atoms with Gasteiger partial charge >= 0.3 is 6.03 Å². The summed E-state index contributed by atoms with van der Waals surface area (Å²) in [4.78, 5) is 19.1. The fourth-order valence-electron chi connectivity index (χ4n) is 4.84. The second-order valence-corrected chi connectivity index (χ2v) is 9.27. The fourth-order valence-corrected chi connectivity index (χ4v) is 4.84. The molecule has 1 N–H and O–H groups in total. The van der Waals surface area contributed by atoms with Gasteiger partial charge in [-0.15, -0.1) is 0 Å². The molecule has 0 aromatic carbocycles. The number of nitrogens with one attached hydrogen (secondary N) is 1. The van der Waals surface area contributed by atoms with Crippen LogP contribution in [0.4, 0.5) is 9.18 Å². The third-order valence-corrected chi connectivity index (χ3v) is 6.75. The minimum Gasteiger partial charge on any atom is -0.334 e. The third-order valence-electron chi connectivity index (χ3n) is 6.75. The topological polar surface area (TPSA) is 122 Å². The van der Waals surface area contributed by atoms with Gasteiger partial charge < -0.3 is 10.2 Å². The number of nitrogens with zero attached hydrogens (tertiary/aromatic N) is 9. The van der Waals surface area contributed by atoms with Crippen LogP contribution in [0.3, 0.4) is 0 Å². The Labute approximate surface area is 216 Å². The van der Waals surface area contributed by atoms with Crippen molar-refractivity contribution >= 4 is 11.5 Å². The van der Waals surface area contributed by atoms with Crippen LogP contribution in [-0.2, 0) is 13.6 Å². The standard InChI is InChI=1S/C26H23FN10O/c1-34-13-21(11-31-34)19-6-23(25-20(7-28)10-32-37(25)15-19)18-4-5-35(14-18)26(38)30-9-17-2-3-24(29-8-17)36-16-22(27)12-33-36/h2-3,6,8,10-13,15-16,18H,4-5,9,14H2,1H3,(H,30,38). The summed E-state index contributed by atoms with van der Waals surface area (Å²) in [6.45, 7) is 1.43. The second kappa shape index (κ2) is 9.44. The van der Waals surface area contributed by atoms with Crippen LogP contribution >= 0.6 is 0 Å². The molecule has 1 saturated heterocycles. The molecule has 1 aliphatic heterocycles. The van der Waals surface area contributed by atoms with E-state index in [0.717, 1.165) is 40.4 Å². The highest BCUT2D eigenvalue weighted by molar-refractivity contribution is 5.76. The summed E-state index contributed by atoms with van der Waals surface area (Å²) in [6, 6.07) is 7.70. The molecule has 0 bridgehead atoms. The van der Waals surface area contributed by atoms with Crippen molar-refractivity contribution in [3.63, 3.8) is 0 Å². The number of aryl methyl sites for hydroxylation is 1. The first-order valence-corrected chi connectivity index (χ1v) is 12.1. The maximum atomic E-state index is 13.2. The quantitative estimate of drug-likeness (QED) is 0.388. The molecule has 12 heteroatoms. The van der Waals surface area contributed by atoms with Crippen molar-refractivity contribution in [3.05, 3.63) is 84.1 Å². The van der Waals surface area contributed by atoms with E-state index in [-0.39, 0.29) is 11.9 Å². The molecule has 0 radical (unpaired) electrons. The zero-order valence-electron chi connectivity index (χ0n) is 20.5. The van der Waals surface area contributed by atoms with Crippen molar-refractivity contribution in [2.45, 2.75) is 18.9 Å². The number of fused-ring (bicyclic) bond motifs is 1. The Morgan fingerprint density at radius 1 is 1.13 bits per heavy atom. The molecule has 0 saturated carbocycles. The Morgan fingerprint density at radius 3 is 2.74 bits per heavy atom. The molecule has 5 aromatic heterocycles. The van der Waals surface area contributed by atoms with Gasteiger partial charge in [0, 0.05) is 62.3 Å². The summed E-state index contributed by atoms with van der Waals surface area (Å²) in [6.07, 6.45) is 12.0. The van der Waals surface area contributed by atoms with Crippen LogP contribution in [0.15, 0.2) is 61.6 Å². The van der Waals surface area contributed by atoms with Crippen molar-refractivity contribution in [2.75, 3.05) is 13.1 Å². The second-order valence-electron chi connectivity index (χ2n) is 9.27. The molecular formula is C26H23FN10O. The molecule has 6 heterocycles. The summed E-state index contributed by atoms with van der Waals surface area (Å²) in [5.74, 6) is 0.107. The number of nitriles is 1. The number of likely N-dealkylation sites (tertiary alicyclic amines) is 1. The van der Waals surface area contributed by atoms with Crippen LogP contribution < -0.4 is 5.32 Å². The molecule has 6 rings (SSSR count). The van der Waals surface area contributed by atoms with Crippen molar-refractivity contribution in [3.8, 4) is 23.0 Å². The Bertz CT molecular complexity index is 1680. The molecule has 0 aliphatic carbocycles. The van der Waals surface area contributed by atoms with Gasteiger partial charge in [-0.05, 0) is 29.7 Å². The van der Waals surface area contributed by atoms with E-state index in [4.69, 9.17) is 0 Å². The molecular weight excluding hydrogens is 487 g/mol. The lowest BCUT2D eigenvalue weighted by atomic mass is 9.94. The monoisotopic (exact) mass is 510 g/mol. The number of carbonyl (C=O) groups excluding carboxylic acids is 1. The van der Waals surface area contributed by atoms with Gasteiger partial charge in [0.2, 0.25) is 0 Å². The Morgan fingerprint density at radius 2 is 2.03 bits per heavy atom. The number of pyridine rings is 2. The predicted molar refractivity (Wildman–Crippen MR) is 135 cm³/mol. The van der Waals surface area contributed by atoms with Crippen LogP contribution in [0.5, 0.6) is 0 Å². The van der Waals surface area contributed by atoms with Gasteiger partial charge in [0.25, 0.3) is 0 Å². The summed E-state index contributed by atoms with van der Waals surface area (Å²) in [7, 11) is 1.86. The molecule has 1 fully saturated rings. The lowest BCUT2D eigenvalue weighted by molar-refractivity contribution is 0.208. The van der Waals surface area contributed by atoms with E-state index >= 15 is 0 Å². The Hall–Kier alpha value is -5.05. The van der Waals surface area contributed by atoms with E-state index in [1.54, 1.807) is 38.8 Å². The zero-order valence-corrected chi connectivity index (χ0v) is 20.5. The van der Waals surface area contributed by atoms with Crippen molar-refractivity contribution in [2.24, 2.45) is 7.05 Å². The largest absolute Gasteiger partial charge is 0.334 e. The number of urea groups is 1. The van der Waals surface area contributed by atoms with E-state index in [9.17, 15) is 14.4 Å². The van der Waals surface area contributed by atoms with Crippen LogP contribution in [0.1, 0.15) is 29.0 Å².